The summed E-state index contributed by atoms with van der Waals surface area (Å²) in [6.45, 7) is 0. The van der Waals surface area contributed by atoms with Gasteiger partial charge in [0.05, 0.1) is 12.5 Å². The summed E-state index contributed by atoms with van der Waals surface area (Å²) in [6.07, 6.45) is 0. The second-order valence-electron chi connectivity index (χ2n) is 17.4. The minimum atomic E-state index is -0.507. The number of nitrogens with zero attached hydrogens (tertiary/aromatic N) is 1. The topological polar surface area (TPSA) is 0 Å². The van der Waals surface area contributed by atoms with Crippen molar-refractivity contribution >= 4 is 38.6 Å². The lowest BCUT2D eigenvalue weighted by atomic mass is 9.67. The summed E-state index contributed by atoms with van der Waals surface area (Å²) in [5.41, 5.74) is 18.0. The molecule has 1 atom stereocenters. The second-order valence-corrected chi connectivity index (χ2v) is 17.4. The Hall–Kier alpha value is -8.10. The van der Waals surface area contributed by atoms with Crippen molar-refractivity contribution in [3.8, 4) is 44.5 Å². The first-order valence-electron chi connectivity index (χ1n) is 22.6. The molecule has 0 unspecified atom stereocenters. The molecule has 0 fully saturated rings. The van der Waals surface area contributed by atoms with Gasteiger partial charge in [0.2, 0.25) is 0 Å². The van der Waals surface area contributed by atoms with E-state index in [9.17, 15) is 0 Å². The van der Waals surface area contributed by atoms with Crippen LogP contribution in [0.3, 0.4) is 0 Å². The van der Waals surface area contributed by atoms with Crippen LogP contribution in [0.1, 0.15) is 22.3 Å². The Kier molecular flexibility index (Phi) is 9.26. The van der Waals surface area contributed by atoms with Crippen LogP contribution in [0.5, 0.6) is 0 Å². The summed E-state index contributed by atoms with van der Waals surface area (Å²) >= 11 is 0. The molecule has 0 bridgehead atoms. The molecule has 306 valence electrons. The third-order valence-corrected chi connectivity index (χ3v) is 14.1. The normalized spacial score (nSPS) is 13.6. The fourth-order valence-corrected chi connectivity index (χ4v) is 11.1. The molecular formula is C64H46N+. The molecule has 1 nitrogen and oxygen atoms in total. The van der Waals surface area contributed by atoms with Gasteiger partial charge >= 0.3 is 0 Å². The second kappa shape index (κ2) is 15.6. The highest BCUT2D eigenvalue weighted by atomic mass is 15.4. The van der Waals surface area contributed by atoms with Gasteiger partial charge in [-0.3, -0.25) is 0 Å². The Morgan fingerprint density at radius 3 is 1.51 bits per heavy atom. The zero-order valence-electron chi connectivity index (χ0n) is 36.3. The monoisotopic (exact) mass is 828 g/mol. The van der Waals surface area contributed by atoms with Crippen LogP contribution in [0.4, 0.5) is 17.1 Å². The molecular weight excluding hydrogens is 783 g/mol. The number of hydrogen-bond acceptors (Lipinski definition) is 0. The van der Waals surface area contributed by atoms with Crippen LogP contribution in [0, 0.1) is 0 Å². The lowest BCUT2D eigenvalue weighted by Crippen LogP contribution is -2.35. The van der Waals surface area contributed by atoms with E-state index in [1.807, 2.05) is 0 Å². The van der Waals surface area contributed by atoms with Crippen LogP contribution in [0.15, 0.2) is 261 Å². The Balaban J connectivity index is 1.13. The number of quaternary nitrogens is 1. The van der Waals surface area contributed by atoms with Crippen LogP contribution in [-0.2, 0) is 5.41 Å². The Bertz CT molecular complexity index is 3510. The number of rotatable bonds is 8. The van der Waals surface area contributed by atoms with Gasteiger partial charge in [-0.1, -0.05) is 212 Å². The van der Waals surface area contributed by atoms with E-state index in [1.54, 1.807) is 0 Å². The maximum atomic E-state index is 2.50. The molecule has 12 rings (SSSR count). The van der Waals surface area contributed by atoms with Crippen molar-refractivity contribution in [3.63, 3.8) is 0 Å². The third kappa shape index (κ3) is 6.05. The maximum absolute atomic E-state index is 2.50. The van der Waals surface area contributed by atoms with Gasteiger partial charge in [0.1, 0.15) is 5.69 Å². The van der Waals surface area contributed by atoms with E-state index in [4.69, 9.17) is 0 Å². The van der Waals surface area contributed by atoms with Gasteiger partial charge in [0.25, 0.3) is 0 Å². The quantitative estimate of drug-likeness (QED) is 0.134. The average Bonchev–Trinajstić information content (AvgIpc) is 3.69. The van der Waals surface area contributed by atoms with Gasteiger partial charge in [-0.25, -0.2) is 4.48 Å². The van der Waals surface area contributed by atoms with Gasteiger partial charge in [-0.05, 0) is 101 Å². The first-order valence-corrected chi connectivity index (χ1v) is 22.6. The molecule has 0 saturated carbocycles. The molecule has 1 aliphatic rings. The zero-order valence-corrected chi connectivity index (χ0v) is 36.3. The highest BCUT2D eigenvalue weighted by molar-refractivity contribution is 6.09. The van der Waals surface area contributed by atoms with E-state index in [0.717, 1.165) is 0 Å². The summed E-state index contributed by atoms with van der Waals surface area (Å²) in [7, 11) is 2.40. The minimum Gasteiger partial charge on any atom is -0.228 e. The first kappa shape index (κ1) is 38.6. The van der Waals surface area contributed by atoms with Gasteiger partial charge in [-0.15, -0.1) is 0 Å². The summed E-state index contributed by atoms with van der Waals surface area (Å²) in [5, 5.41) is 4.91. The minimum absolute atomic E-state index is 0.431. The molecule has 1 heteroatoms. The van der Waals surface area contributed by atoms with E-state index < -0.39 is 5.41 Å². The average molecular weight is 829 g/mol. The summed E-state index contributed by atoms with van der Waals surface area (Å²) in [6, 6.07) is 96.7. The van der Waals surface area contributed by atoms with Gasteiger partial charge in [-0.2, -0.15) is 0 Å². The molecule has 0 saturated heterocycles. The molecule has 11 aromatic rings. The largest absolute Gasteiger partial charge is 0.228 e. The molecule has 0 aromatic heterocycles. The molecule has 65 heavy (non-hydrogen) atoms. The van der Waals surface area contributed by atoms with Crippen LogP contribution in [0.2, 0.25) is 0 Å². The molecule has 0 amide bonds. The number of para-hydroxylation sites is 2. The van der Waals surface area contributed by atoms with Crippen LogP contribution < -0.4 is 4.48 Å². The van der Waals surface area contributed by atoms with E-state index in [2.05, 4.69) is 268 Å². The van der Waals surface area contributed by atoms with E-state index in [0.29, 0.717) is 4.48 Å². The van der Waals surface area contributed by atoms with E-state index >= 15 is 0 Å². The number of fused-ring (bicyclic) bond motifs is 5. The van der Waals surface area contributed by atoms with Gasteiger partial charge in [0.15, 0.2) is 11.4 Å². The Morgan fingerprint density at radius 2 is 0.800 bits per heavy atom. The standard InChI is InChI=1S/C64H46N/c1-65(52-41-39-45-21-11-12-24-48(45)43-52,62-38-18-15-33-57(62)58-35-20-26-47-25-19-34-54(63(47)58)46-22-5-2-6-23-46)61-37-17-14-31-53(61)49-40-42-56-55-32-13-16-36-59(55)64(60(56)44-49,50-27-7-3-8-28-50)51-29-9-4-10-30-51/h2-44H,1H3/q+1/t65-/m0/s1. The molecule has 0 heterocycles. The first-order chi connectivity index (χ1) is 32.1. The van der Waals surface area contributed by atoms with Crippen molar-refractivity contribution in [3.05, 3.63) is 283 Å². The highest BCUT2D eigenvalue weighted by Gasteiger charge is 2.46. The fourth-order valence-electron chi connectivity index (χ4n) is 11.1. The SMILES string of the molecule is C[N@+](c1ccc2ccccc2c1)(c1ccccc1-c1ccc2c(c1)C(c1ccccc1)(c1ccccc1)c1ccccc1-2)c1ccccc1-c1cccc2cccc(-c3ccccc3)c12. The lowest BCUT2D eigenvalue weighted by Gasteiger charge is -2.37. The van der Waals surface area contributed by atoms with Crippen molar-refractivity contribution in [2.75, 3.05) is 7.05 Å². The molecule has 0 radical (unpaired) electrons. The van der Waals surface area contributed by atoms with E-state index in [-0.39, 0.29) is 0 Å². The zero-order chi connectivity index (χ0) is 43.4. The Morgan fingerprint density at radius 1 is 0.292 bits per heavy atom. The maximum Gasteiger partial charge on any atom is 0.150 e. The molecule has 1 aliphatic carbocycles. The summed E-state index contributed by atoms with van der Waals surface area (Å²) in [5.74, 6) is 0. The molecule has 0 spiro atoms. The van der Waals surface area contributed by atoms with Crippen molar-refractivity contribution < 1.29 is 0 Å². The smallest absolute Gasteiger partial charge is 0.150 e. The predicted octanol–water partition coefficient (Wildman–Crippen LogP) is 17.0. The van der Waals surface area contributed by atoms with Gasteiger partial charge < -0.3 is 0 Å². The molecule has 0 N–H and O–H groups in total. The predicted molar refractivity (Wildman–Crippen MR) is 275 cm³/mol. The highest BCUT2D eigenvalue weighted by Crippen LogP contribution is 2.58. The van der Waals surface area contributed by atoms with E-state index in [1.165, 1.54) is 105 Å². The van der Waals surface area contributed by atoms with Crippen LogP contribution >= 0.6 is 0 Å². The number of hydrogen-bond donors (Lipinski definition) is 0. The van der Waals surface area contributed by atoms with Crippen molar-refractivity contribution in [1.82, 2.24) is 4.48 Å². The fraction of sp³-hybridized carbons (Fsp3) is 0.0312. The Labute approximate surface area is 381 Å². The third-order valence-electron chi connectivity index (χ3n) is 14.1. The number of benzene rings is 11. The van der Waals surface area contributed by atoms with Crippen LogP contribution in [0.25, 0.3) is 66.1 Å². The lowest BCUT2D eigenvalue weighted by molar-refractivity contribution is 0.631. The molecule has 11 aromatic carbocycles. The van der Waals surface area contributed by atoms with Crippen LogP contribution in [-0.4, -0.2) is 7.05 Å². The van der Waals surface area contributed by atoms with Crippen molar-refractivity contribution in [1.29, 1.82) is 0 Å². The van der Waals surface area contributed by atoms with Crippen molar-refractivity contribution in [2.24, 2.45) is 0 Å². The molecule has 0 aliphatic heterocycles. The summed E-state index contributed by atoms with van der Waals surface area (Å²) in [4.78, 5) is 0. The van der Waals surface area contributed by atoms with Gasteiger partial charge in [0, 0.05) is 35.4 Å². The summed E-state index contributed by atoms with van der Waals surface area (Å²) < 4.78 is 0.431. The van der Waals surface area contributed by atoms with Crippen molar-refractivity contribution in [2.45, 2.75) is 5.41 Å².